The summed E-state index contributed by atoms with van der Waals surface area (Å²) in [4.78, 5) is 36.7. The van der Waals surface area contributed by atoms with Gasteiger partial charge >= 0.3 is 18.1 Å². The number of urea groups is 1. The molecule has 3 amide bonds. The van der Waals surface area contributed by atoms with Crippen LogP contribution in [0.2, 0.25) is 0 Å². The zero-order valence-corrected chi connectivity index (χ0v) is 15.8. The quantitative estimate of drug-likeness (QED) is 0.549. The second-order valence-corrected chi connectivity index (χ2v) is 6.42. The summed E-state index contributed by atoms with van der Waals surface area (Å²) in [5.41, 5.74) is 0.901. The number of ether oxygens (including phenoxy) is 2. The second-order valence-electron chi connectivity index (χ2n) is 6.42. The molecule has 0 aromatic heterocycles. The summed E-state index contributed by atoms with van der Waals surface area (Å²) < 4.78 is 10.3. The SMILES string of the molecule is O=C(NCCCC[C@H](NC(=O)N1CCOCC1)C(=O)O)OCc1ccccc1. The smallest absolute Gasteiger partial charge is 0.407 e. The molecule has 3 N–H and O–H groups in total. The predicted molar refractivity (Wildman–Crippen MR) is 101 cm³/mol. The Balaban J connectivity index is 1.59. The molecule has 28 heavy (non-hydrogen) atoms. The van der Waals surface area contributed by atoms with Gasteiger partial charge in [-0.05, 0) is 24.8 Å². The van der Waals surface area contributed by atoms with E-state index in [4.69, 9.17) is 9.47 Å². The van der Waals surface area contributed by atoms with Crippen LogP contribution in [0.1, 0.15) is 24.8 Å². The average Bonchev–Trinajstić information content (AvgIpc) is 2.72. The molecule has 1 aromatic carbocycles. The maximum absolute atomic E-state index is 12.1. The Morgan fingerprint density at radius 1 is 1.14 bits per heavy atom. The fourth-order valence-electron chi connectivity index (χ4n) is 2.70. The fraction of sp³-hybridized carbons (Fsp3) is 0.526. The Kier molecular flexibility index (Phi) is 9.06. The lowest BCUT2D eigenvalue weighted by Crippen LogP contribution is -2.51. The molecule has 0 spiro atoms. The van der Waals surface area contributed by atoms with Crippen molar-refractivity contribution in [3.63, 3.8) is 0 Å². The van der Waals surface area contributed by atoms with Crippen LogP contribution in [0.3, 0.4) is 0 Å². The molecule has 9 heteroatoms. The molecule has 0 radical (unpaired) electrons. The number of amides is 3. The van der Waals surface area contributed by atoms with Gasteiger partial charge in [-0.2, -0.15) is 0 Å². The summed E-state index contributed by atoms with van der Waals surface area (Å²) in [5, 5.41) is 14.5. The van der Waals surface area contributed by atoms with Crippen molar-refractivity contribution in [2.45, 2.75) is 31.9 Å². The molecule has 1 aromatic rings. The Morgan fingerprint density at radius 3 is 2.54 bits per heavy atom. The molecule has 154 valence electrons. The molecule has 1 aliphatic rings. The maximum atomic E-state index is 12.1. The highest BCUT2D eigenvalue weighted by atomic mass is 16.5. The van der Waals surface area contributed by atoms with Gasteiger partial charge in [0.05, 0.1) is 13.2 Å². The third-order valence-electron chi connectivity index (χ3n) is 4.30. The van der Waals surface area contributed by atoms with Crippen molar-refractivity contribution in [3.05, 3.63) is 35.9 Å². The largest absolute Gasteiger partial charge is 0.480 e. The summed E-state index contributed by atoms with van der Waals surface area (Å²) in [6.45, 7) is 2.38. The average molecular weight is 393 g/mol. The molecule has 1 saturated heterocycles. The number of rotatable bonds is 9. The lowest BCUT2D eigenvalue weighted by atomic mass is 10.1. The summed E-state index contributed by atoms with van der Waals surface area (Å²) in [7, 11) is 0. The number of nitrogens with one attached hydrogen (secondary N) is 2. The Morgan fingerprint density at radius 2 is 1.86 bits per heavy atom. The van der Waals surface area contributed by atoms with Crippen molar-refractivity contribution >= 4 is 18.1 Å². The first-order chi connectivity index (χ1) is 13.6. The molecule has 1 heterocycles. The van der Waals surface area contributed by atoms with E-state index in [0.29, 0.717) is 45.7 Å². The summed E-state index contributed by atoms with van der Waals surface area (Å²) >= 11 is 0. The van der Waals surface area contributed by atoms with Gasteiger partial charge in [0.2, 0.25) is 0 Å². The van der Waals surface area contributed by atoms with E-state index >= 15 is 0 Å². The number of carbonyl (C=O) groups is 3. The highest BCUT2D eigenvalue weighted by molar-refractivity contribution is 5.82. The standard InChI is InChI=1S/C19H27N3O6/c23-17(24)16(21-18(25)22-10-12-27-13-11-22)8-4-5-9-20-19(26)28-14-15-6-2-1-3-7-15/h1-3,6-7,16H,4-5,8-14H2,(H,20,26)(H,21,25)(H,23,24)/t16-/m0/s1. The number of unbranched alkanes of at least 4 members (excludes halogenated alkanes) is 1. The maximum Gasteiger partial charge on any atom is 0.407 e. The first-order valence-corrected chi connectivity index (χ1v) is 9.37. The first-order valence-electron chi connectivity index (χ1n) is 9.37. The van der Waals surface area contributed by atoms with Crippen LogP contribution in [-0.4, -0.2) is 67.0 Å². The minimum Gasteiger partial charge on any atom is -0.480 e. The molecular weight excluding hydrogens is 366 g/mol. The Bertz CT molecular complexity index is 634. The van der Waals surface area contributed by atoms with Crippen LogP contribution in [0, 0.1) is 0 Å². The highest BCUT2D eigenvalue weighted by Gasteiger charge is 2.23. The fourth-order valence-corrected chi connectivity index (χ4v) is 2.70. The van der Waals surface area contributed by atoms with Gasteiger partial charge in [0, 0.05) is 19.6 Å². The molecule has 1 aliphatic heterocycles. The number of alkyl carbamates (subject to hydrolysis) is 1. The number of benzene rings is 1. The van der Waals surface area contributed by atoms with Crippen molar-refractivity contribution in [2.24, 2.45) is 0 Å². The van der Waals surface area contributed by atoms with Gasteiger partial charge in [0.15, 0.2) is 0 Å². The molecule has 0 saturated carbocycles. The van der Waals surface area contributed by atoms with E-state index in [1.54, 1.807) is 4.90 Å². The van der Waals surface area contributed by atoms with Crippen LogP contribution in [0.25, 0.3) is 0 Å². The first kappa shape index (κ1) is 21.5. The van der Waals surface area contributed by atoms with E-state index in [-0.39, 0.29) is 13.0 Å². The molecule has 0 bridgehead atoms. The van der Waals surface area contributed by atoms with E-state index in [9.17, 15) is 19.5 Å². The summed E-state index contributed by atoms with van der Waals surface area (Å²) in [6, 6.07) is 8.01. The minimum absolute atomic E-state index is 0.196. The Hall–Kier alpha value is -2.81. The summed E-state index contributed by atoms with van der Waals surface area (Å²) in [6.07, 6.45) is 0.891. The van der Waals surface area contributed by atoms with Gasteiger partial charge in [0.25, 0.3) is 0 Å². The zero-order chi connectivity index (χ0) is 20.2. The van der Waals surface area contributed by atoms with E-state index in [1.165, 1.54) is 0 Å². The molecule has 9 nitrogen and oxygen atoms in total. The molecule has 0 aliphatic carbocycles. The van der Waals surface area contributed by atoms with Gasteiger partial charge in [-0.1, -0.05) is 30.3 Å². The lowest BCUT2D eigenvalue weighted by Gasteiger charge is -2.28. The number of morpholine rings is 1. The van der Waals surface area contributed by atoms with Crippen molar-refractivity contribution in [1.29, 1.82) is 0 Å². The summed E-state index contributed by atoms with van der Waals surface area (Å²) in [5.74, 6) is -1.07. The number of aliphatic carboxylic acids is 1. The Labute approximate surface area is 164 Å². The monoisotopic (exact) mass is 393 g/mol. The highest BCUT2D eigenvalue weighted by Crippen LogP contribution is 2.05. The van der Waals surface area contributed by atoms with Crippen molar-refractivity contribution in [3.8, 4) is 0 Å². The van der Waals surface area contributed by atoms with E-state index in [1.807, 2.05) is 30.3 Å². The number of carboxylic acid groups (broad SMARTS) is 1. The number of hydrogen-bond acceptors (Lipinski definition) is 5. The third-order valence-corrected chi connectivity index (χ3v) is 4.30. The van der Waals surface area contributed by atoms with Crippen molar-refractivity contribution < 1.29 is 29.0 Å². The van der Waals surface area contributed by atoms with Gasteiger partial charge in [-0.3, -0.25) is 0 Å². The van der Waals surface area contributed by atoms with Gasteiger partial charge in [0.1, 0.15) is 12.6 Å². The number of nitrogens with zero attached hydrogens (tertiary/aromatic N) is 1. The van der Waals surface area contributed by atoms with E-state index < -0.39 is 24.1 Å². The van der Waals surface area contributed by atoms with Crippen LogP contribution in [0.15, 0.2) is 30.3 Å². The molecular formula is C19H27N3O6. The van der Waals surface area contributed by atoms with Crippen LogP contribution in [0.5, 0.6) is 0 Å². The molecule has 0 unspecified atom stereocenters. The van der Waals surface area contributed by atoms with E-state index in [0.717, 1.165) is 5.56 Å². The zero-order valence-electron chi connectivity index (χ0n) is 15.8. The van der Waals surface area contributed by atoms with Crippen LogP contribution in [0.4, 0.5) is 9.59 Å². The van der Waals surface area contributed by atoms with Gasteiger partial charge in [-0.25, -0.2) is 14.4 Å². The van der Waals surface area contributed by atoms with Gasteiger partial charge in [-0.15, -0.1) is 0 Å². The van der Waals surface area contributed by atoms with Crippen LogP contribution >= 0.6 is 0 Å². The topological polar surface area (TPSA) is 117 Å². The van der Waals surface area contributed by atoms with Crippen molar-refractivity contribution in [2.75, 3.05) is 32.8 Å². The third kappa shape index (κ3) is 7.83. The number of carboxylic acids is 1. The molecule has 1 atom stereocenters. The predicted octanol–water partition coefficient (Wildman–Crippen LogP) is 1.58. The lowest BCUT2D eigenvalue weighted by molar-refractivity contribution is -0.139. The second kappa shape index (κ2) is 11.8. The van der Waals surface area contributed by atoms with E-state index in [2.05, 4.69) is 10.6 Å². The molecule has 1 fully saturated rings. The minimum atomic E-state index is -1.07. The normalized spacial score (nSPS) is 14.8. The molecule has 2 rings (SSSR count). The van der Waals surface area contributed by atoms with Gasteiger partial charge < -0.3 is 30.1 Å². The van der Waals surface area contributed by atoms with Crippen LogP contribution in [-0.2, 0) is 20.9 Å². The van der Waals surface area contributed by atoms with Crippen molar-refractivity contribution in [1.82, 2.24) is 15.5 Å². The number of hydrogen-bond donors (Lipinski definition) is 3. The number of carbonyl (C=O) groups excluding carboxylic acids is 2. The van der Waals surface area contributed by atoms with Crippen LogP contribution < -0.4 is 10.6 Å².